The van der Waals surface area contributed by atoms with Crippen LogP contribution in [0.25, 0.3) is 0 Å². The fraction of sp³-hybridized carbons (Fsp3) is 0.0455. The van der Waals surface area contributed by atoms with Crippen LogP contribution in [0.15, 0.2) is 82.4 Å². The van der Waals surface area contributed by atoms with Crippen LogP contribution in [0.5, 0.6) is 5.75 Å². The number of carbonyl (C=O) groups is 2. The van der Waals surface area contributed by atoms with E-state index in [-0.39, 0.29) is 0 Å². The first kappa shape index (κ1) is 21.5. The lowest BCUT2D eigenvalue weighted by Crippen LogP contribution is -2.32. The molecule has 0 aliphatic heterocycles. The van der Waals surface area contributed by atoms with Crippen molar-refractivity contribution in [3.05, 3.63) is 93.4 Å². The van der Waals surface area contributed by atoms with Crippen molar-refractivity contribution in [3.63, 3.8) is 0 Å². The Balaban J connectivity index is 1.51. The van der Waals surface area contributed by atoms with E-state index < -0.39 is 11.8 Å². The smallest absolute Gasteiger partial charge is 0.329 e. The van der Waals surface area contributed by atoms with Crippen LogP contribution in [0.4, 0.5) is 5.69 Å². The molecule has 0 atom stereocenters. The Kier molecular flexibility index (Phi) is 7.59. The van der Waals surface area contributed by atoms with Crippen molar-refractivity contribution < 1.29 is 14.3 Å². The van der Waals surface area contributed by atoms with Gasteiger partial charge in [-0.05, 0) is 59.7 Å². The van der Waals surface area contributed by atoms with Crippen LogP contribution in [0, 0.1) is 0 Å². The number of rotatable bonds is 6. The molecule has 0 heterocycles. The summed E-state index contributed by atoms with van der Waals surface area (Å²) in [5.74, 6) is -1.04. The zero-order valence-electron chi connectivity index (χ0n) is 15.6. The number of carbonyl (C=O) groups excluding carboxylic acids is 2. The molecule has 0 aliphatic carbocycles. The summed E-state index contributed by atoms with van der Waals surface area (Å²) in [7, 11) is 0. The Morgan fingerprint density at radius 3 is 2.47 bits per heavy atom. The maximum atomic E-state index is 11.9. The van der Waals surface area contributed by atoms with Gasteiger partial charge >= 0.3 is 11.8 Å². The summed E-state index contributed by atoms with van der Waals surface area (Å²) >= 11 is 9.18. The number of benzene rings is 3. The van der Waals surface area contributed by atoms with Gasteiger partial charge in [-0.15, -0.1) is 0 Å². The molecular formula is C22H17BrClN3O3. The molecule has 0 saturated heterocycles. The van der Waals surface area contributed by atoms with Crippen LogP contribution < -0.4 is 15.5 Å². The lowest BCUT2D eigenvalue weighted by molar-refractivity contribution is -0.136. The molecule has 0 aromatic heterocycles. The van der Waals surface area contributed by atoms with Crippen LogP contribution >= 0.6 is 27.5 Å². The van der Waals surface area contributed by atoms with Crippen LogP contribution in [-0.2, 0) is 16.2 Å². The fourth-order valence-corrected chi connectivity index (χ4v) is 2.76. The molecule has 0 unspecified atom stereocenters. The maximum absolute atomic E-state index is 11.9. The zero-order valence-corrected chi connectivity index (χ0v) is 18.0. The summed E-state index contributed by atoms with van der Waals surface area (Å²) in [6.07, 6.45) is 1.43. The highest BCUT2D eigenvalue weighted by Gasteiger charge is 2.12. The third kappa shape index (κ3) is 6.72. The van der Waals surface area contributed by atoms with Crippen LogP contribution in [-0.4, -0.2) is 18.0 Å². The number of halogens is 2. The molecule has 2 N–H and O–H groups in total. The van der Waals surface area contributed by atoms with E-state index >= 15 is 0 Å². The number of ether oxygens (including phenoxy) is 1. The number of hydrazone groups is 1. The minimum atomic E-state index is -0.871. The predicted octanol–water partition coefficient (Wildman–Crippen LogP) is 4.77. The summed E-state index contributed by atoms with van der Waals surface area (Å²) < 4.78 is 6.62. The molecule has 0 spiro atoms. The molecule has 3 aromatic carbocycles. The topological polar surface area (TPSA) is 79.8 Å². The first-order chi connectivity index (χ1) is 14.5. The molecule has 0 aliphatic rings. The van der Waals surface area contributed by atoms with E-state index in [1.54, 1.807) is 54.6 Å². The quantitative estimate of drug-likeness (QED) is 0.299. The zero-order chi connectivity index (χ0) is 21.3. The molecular weight excluding hydrogens is 470 g/mol. The number of nitrogens with one attached hydrogen (secondary N) is 2. The summed E-state index contributed by atoms with van der Waals surface area (Å²) in [5.41, 5.74) is 4.40. The predicted molar refractivity (Wildman–Crippen MR) is 121 cm³/mol. The number of hydrogen-bond donors (Lipinski definition) is 2. The van der Waals surface area contributed by atoms with Gasteiger partial charge < -0.3 is 10.1 Å². The van der Waals surface area contributed by atoms with Crippen molar-refractivity contribution in [1.29, 1.82) is 0 Å². The molecule has 0 radical (unpaired) electrons. The monoisotopic (exact) mass is 485 g/mol. The van der Waals surface area contributed by atoms with Gasteiger partial charge in [0.05, 0.1) is 6.21 Å². The minimum Gasteiger partial charge on any atom is -0.489 e. The molecule has 3 aromatic rings. The van der Waals surface area contributed by atoms with Crippen molar-refractivity contribution >= 4 is 51.2 Å². The first-order valence-electron chi connectivity index (χ1n) is 8.87. The van der Waals surface area contributed by atoms with Crippen LogP contribution in [0.1, 0.15) is 11.1 Å². The van der Waals surface area contributed by atoms with Crippen molar-refractivity contribution in [1.82, 2.24) is 5.43 Å². The van der Waals surface area contributed by atoms with Gasteiger partial charge in [0.15, 0.2) is 0 Å². The Hall–Kier alpha value is -3.16. The number of anilines is 1. The summed E-state index contributed by atoms with van der Waals surface area (Å²) in [5, 5.41) is 6.98. The highest BCUT2D eigenvalue weighted by molar-refractivity contribution is 9.10. The third-order valence-electron chi connectivity index (χ3n) is 3.86. The van der Waals surface area contributed by atoms with E-state index in [9.17, 15) is 9.59 Å². The van der Waals surface area contributed by atoms with Crippen molar-refractivity contribution in [2.24, 2.45) is 5.10 Å². The van der Waals surface area contributed by atoms with E-state index in [2.05, 4.69) is 31.8 Å². The van der Waals surface area contributed by atoms with E-state index in [1.807, 2.05) is 18.2 Å². The molecule has 0 fully saturated rings. The van der Waals surface area contributed by atoms with Crippen molar-refractivity contribution in [2.75, 3.05) is 5.32 Å². The van der Waals surface area contributed by atoms with E-state index in [0.29, 0.717) is 28.6 Å². The van der Waals surface area contributed by atoms with Gasteiger partial charge in [0, 0.05) is 15.2 Å². The van der Waals surface area contributed by atoms with Gasteiger partial charge in [0.2, 0.25) is 0 Å². The lowest BCUT2D eigenvalue weighted by Gasteiger charge is -2.07. The largest absolute Gasteiger partial charge is 0.489 e. The second-order valence-corrected chi connectivity index (χ2v) is 7.50. The SMILES string of the molecule is O=C(N/N=C\c1cccc(OCc2ccc(Cl)cc2)c1)C(=O)Nc1ccc(Br)cc1. The molecule has 0 bridgehead atoms. The highest BCUT2D eigenvalue weighted by atomic mass is 79.9. The summed E-state index contributed by atoms with van der Waals surface area (Å²) in [6.45, 7) is 0.394. The Morgan fingerprint density at radius 2 is 1.73 bits per heavy atom. The maximum Gasteiger partial charge on any atom is 0.329 e. The normalized spacial score (nSPS) is 10.6. The number of nitrogens with zero attached hydrogens (tertiary/aromatic N) is 1. The third-order valence-corrected chi connectivity index (χ3v) is 4.65. The second kappa shape index (κ2) is 10.6. The van der Waals surface area contributed by atoms with Crippen molar-refractivity contribution in [3.8, 4) is 5.75 Å². The minimum absolute atomic E-state index is 0.394. The number of hydrogen-bond acceptors (Lipinski definition) is 4. The van der Waals surface area contributed by atoms with Gasteiger partial charge in [-0.25, -0.2) is 5.43 Å². The van der Waals surface area contributed by atoms with Crippen molar-refractivity contribution in [2.45, 2.75) is 6.61 Å². The second-order valence-electron chi connectivity index (χ2n) is 6.15. The van der Waals surface area contributed by atoms with Gasteiger partial charge in [-0.3, -0.25) is 9.59 Å². The average molecular weight is 487 g/mol. The lowest BCUT2D eigenvalue weighted by atomic mass is 10.2. The summed E-state index contributed by atoms with van der Waals surface area (Å²) in [4.78, 5) is 23.8. The Bertz CT molecular complexity index is 1050. The van der Waals surface area contributed by atoms with Crippen LogP contribution in [0.2, 0.25) is 5.02 Å². The first-order valence-corrected chi connectivity index (χ1v) is 10.0. The van der Waals surface area contributed by atoms with Gasteiger partial charge in [-0.2, -0.15) is 5.10 Å². The molecule has 30 heavy (non-hydrogen) atoms. The van der Waals surface area contributed by atoms with Gasteiger partial charge in [0.25, 0.3) is 0 Å². The highest BCUT2D eigenvalue weighted by Crippen LogP contribution is 2.16. The van der Waals surface area contributed by atoms with E-state index in [1.165, 1.54) is 6.21 Å². The molecule has 2 amide bonds. The van der Waals surface area contributed by atoms with Crippen LogP contribution in [0.3, 0.4) is 0 Å². The fourth-order valence-electron chi connectivity index (χ4n) is 2.37. The Morgan fingerprint density at radius 1 is 1.00 bits per heavy atom. The molecule has 3 rings (SSSR count). The molecule has 0 saturated carbocycles. The van der Waals surface area contributed by atoms with E-state index in [0.717, 1.165) is 10.0 Å². The molecule has 8 heteroatoms. The standard InChI is InChI=1S/C22H17BrClN3O3/c23-17-6-10-19(11-7-17)26-21(28)22(29)27-25-13-16-2-1-3-20(12-16)30-14-15-4-8-18(24)9-5-15/h1-13H,14H2,(H,26,28)(H,27,29)/b25-13-. The van der Waals surface area contributed by atoms with Gasteiger partial charge in [0.1, 0.15) is 12.4 Å². The number of amides is 2. The molecule has 152 valence electrons. The summed E-state index contributed by atoms with van der Waals surface area (Å²) in [6, 6.07) is 21.4. The average Bonchev–Trinajstić information content (AvgIpc) is 2.75. The Labute approximate surface area is 187 Å². The van der Waals surface area contributed by atoms with E-state index in [4.69, 9.17) is 16.3 Å². The van der Waals surface area contributed by atoms with Gasteiger partial charge in [-0.1, -0.05) is 51.8 Å². The molecule has 6 nitrogen and oxygen atoms in total.